The maximum absolute atomic E-state index is 12.6. The van der Waals surface area contributed by atoms with Crippen molar-refractivity contribution in [3.63, 3.8) is 0 Å². The van der Waals surface area contributed by atoms with Crippen LogP contribution in [0.5, 0.6) is 0 Å². The van der Waals surface area contributed by atoms with Crippen LogP contribution in [0.2, 0.25) is 0 Å². The lowest BCUT2D eigenvalue weighted by Gasteiger charge is -2.00. The number of methoxy groups -OCH3 is 1. The number of halogens is 1. The Labute approximate surface area is 96.1 Å². The number of rotatable bonds is 4. The summed E-state index contributed by atoms with van der Waals surface area (Å²) in [6.45, 7) is 0.486. The fourth-order valence-corrected chi connectivity index (χ4v) is 1.87. The second kappa shape index (κ2) is 5.00. The smallest absolute Gasteiger partial charge is 0.212 e. The highest BCUT2D eigenvalue weighted by atomic mass is 32.1. The van der Waals surface area contributed by atoms with Crippen molar-refractivity contribution < 1.29 is 9.13 Å². The van der Waals surface area contributed by atoms with E-state index >= 15 is 0 Å². The highest BCUT2D eigenvalue weighted by Crippen LogP contribution is 2.20. The topological polar surface area (TPSA) is 47.0 Å². The Morgan fingerprint density at radius 3 is 3.06 bits per heavy atom. The van der Waals surface area contributed by atoms with Crippen LogP contribution in [0.25, 0.3) is 0 Å². The van der Waals surface area contributed by atoms with Gasteiger partial charge in [0.1, 0.15) is 0 Å². The first-order valence-electron chi connectivity index (χ1n) is 4.60. The maximum atomic E-state index is 12.6. The average molecular weight is 239 g/mol. The molecule has 2 heterocycles. The molecular formula is C10H10FN3OS. The molecule has 6 heteroatoms. The van der Waals surface area contributed by atoms with Crippen LogP contribution in [-0.2, 0) is 11.3 Å². The zero-order chi connectivity index (χ0) is 11.4. The first kappa shape index (κ1) is 11.0. The largest absolute Gasteiger partial charge is 0.378 e. The summed E-state index contributed by atoms with van der Waals surface area (Å²) in [7, 11) is 1.62. The van der Waals surface area contributed by atoms with Gasteiger partial charge in [0.15, 0.2) is 5.13 Å². The minimum absolute atomic E-state index is 0.486. The van der Waals surface area contributed by atoms with Crippen LogP contribution in [0.4, 0.5) is 15.2 Å². The number of ether oxygens (including phenoxy) is 1. The van der Waals surface area contributed by atoms with Crippen LogP contribution in [0.3, 0.4) is 0 Å². The Morgan fingerprint density at radius 1 is 1.50 bits per heavy atom. The van der Waals surface area contributed by atoms with Crippen molar-refractivity contribution in [1.82, 2.24) is 9.97 Å². The molecule has 1 N–H and O–H groups in total. The second-order valence-corrected chi connectivity index (χ2v) is 3.93. The fraction of sp³-hybridized carbons (Fsp3) is 0.200. The molecule has 0 unspecified atom stereocenters. The van der Waals surface area contributed by atoms with Crippen LogP contribution in [0.1, 0.15) is 5.69 Å². The third kappa shape index (κ3) is 2.74. The van der Waals surface area contributed by atoms with E-state index in [2.05, 4.69) is 15.3 Å². The third-order valence-corrected chi connectivity index (χ3v) is 2.63. The number of nitrogens with one attached hydrogen (secondary N) is 1. The van der Waals surface area contributed by atoms with Crippen molar-refractivity contribution in [2.45, 2.75) is 6.61 Å². The number of nitrogens with zero attached hydrogens (tertiary/aromatic N) is 2. The highest BCUT2D eigenvalue weighted by molar-refractivity contribution is 7.13. The van der Waals surface area contributed by atoms with Gasteiger partial charge in [0.2, 0.25) is 5.95 Å². The molecule has 0 saturated heterocycles. The van der Waals surface area contributed by atoms with Crippen LogP contribution in [0, 0.1) is 5.95 Å². The van der Waals surface area contributed by atoms with Gasteiger partial charge in [0, 0.05) is 12.5 Å². The Kier molecular flexibility index (Phi) is 3.43. The zero-order valence-corrected chi connectivity index (χ0v) is 9.42. The van der Waals surface area contributed by atoms with Crippen molar-refractivity contribution in [2.75, 3.05) is 12.4 Å². The maximum Gasteiger partial charge on any atom is 0.212 e. The van der Waals surface area contributed by atoms with E-state index in [0.717, 1.165) is 10.8 Å². The Bertz CT molecular complexity index is 457. The average Bonchev–Trinajstić information content (AvgIpc) is 2.70. The van der Waals surface area contributed by atoms with Gasteiger partial charge in [-0.3, -0.25) is 0 Å². The van der Waals surface area contributed by atoms with Crippen LogP contribution >= 0.6 is 11.3 Å². The second-order valence-electron chi connectivity index (χ2n) is 3.07. The van der Waals surface area contributed by atoms with E-state index in [-0.39, 0.29) is 0 Å². The first-order chi connectivity index (χ1) is 7.78. The monoisotopic (exact) mass is 239 g/mol. The normalized spacial score (nSPS) is 10.4. The first-order valence-corrected chi connectivity index (χ1v) is 5.48. The van der Waals surface area contributed by atoms with Crippen LogP contribution in [-0.4, -0.2) is 17.1 Å². The van der Waals surface area contributed by atoms with E-state index in [4.69, 9.17) is 4.74 Å². The van der Waals surface area contributed by atoms with Crippen molar-refractivity contribution in [3.8, 4) is 0 Å². The van der Waals surface area contributed by atoms with E-state index < -0.39 is 5.95 Å². The number of hydrogen-bond acceptors (Lipinski definition) is 5. The van der Waals surface area contributed by atoms with Crippen molar-refractivity contribution >= 4 is 22.2 Å². The predicted octanol–water partition coefficient (Wildman–Crippen LogP) is 2.57. The molecule has 0 saturated carbocycles. The molecule has 0 aliphatic rings. The van der Waals surface area contributed by atoms with Gasteiger partial charge in [0.05, 0.1) is 24.2 Å². The van der Waals surface area contributed by atoms with Gasteiger partial charge in [-0.05, 0) is 12.1 Å². The molecule has 0 aliphatic carbocycles. The summed E-state index contributed by atoms with van der Waals surface area (Å²) >= 11 is 1.46. The van der Waals surface area contributed by atoms with Crippen LogP contribution < -0.4 is 5.32 Å². The predicted molar refractivity (Wildman–Crippen MR) is 60.3 cm³/mol. The zero-order valence-electron chi connectivity index (χ0n) is 8.61. The van der Waals surface area contributed by atoms with E-state index in [1.54, 1.807) is 13.2 Å². The van der Waals surface area contributed by atoms with Gasteiger partial charge in [-0.15, -0.1) is 11.3 Å². The molecule has 0 radical (unpaired) electrons. The molecule has 0 amide bonds. The highest BCUT2D eigenvalue weighted by Gasteiger charge is 2.02. The van der Waals surface area contributed by atoms with Gasteiger partial charge in [0.25, 0.3) is 0 Å². The molecule has 2 rings (SSSR count). The van der Waals surface area contributed by atoms with Crippen molar-refractivity contribution in [3.05, 3.63) is 35.4 Å². The molecule has 2 aromatic rings. The lowest BCUT2D eigenvalue weighted by molar-refractivity contribution is 0.182. The number of hydrogen-bond donors (Lipinski definition) is 1. The third-order valence-electron chi connectivity index (χ3n) is 1.82. The molecular weight excluding hydrogens is 229 g/mol. The quantitative estimate of drug-likeness (QED) is 0.833. The number of thiazole rings is 1. The van der Waals surface area contributed by atoms with Gasteiger partial charge >= 0.3 is 0 Å². The van der Waals surface area contributed by atoms with Crippen LogP contribution in [0.15, 0.2) is 23.7 Å². The van der Waals surface area contributed by atoms with E-state index in [1.165, 1.54) is 23.6 Å². The molecule has 0 aliphatic heterocycles. The Hall–Kier alpha value is -1.53. The summed E-state index contributed by atoms with van der Waals surface area (Å²) in [4.78, 5) is 7.82. The van der Waals surface area contributed by atoms with Crippen molar-refractivity contribution in [2.24, 2.45) is 0 Å². The molecule has 0 atom stereocenters. The summed E-state index contributed by atoms with van der Waals surface area (Å²) in [6, 6.07) is 2.91. The number of aromatic nitrogens is 2. The van der Waals surface area contributed by atoms with Gasteiger partial charge in [-0.25, -0.2) is 9.97 Å². The summed E-state index contributed by atoms with van der Waals surface area (Å²) < 4.78 is 17.5. The lowest BCUT2D eigenvalue weighted by atomic mass is 10.4. The van der Waals surface area contributed by atoms with Crippen molar-refractivity contribution in [1.29, 1.82) is 0 Å². The summed E-state index contributed by atoms with van der Waals surface area (Å²) in [6.07, 6.45) is 1.42. The molecule has 0 bridgehead atoms. The minimum Gasteiger partial charge on any atom is -0.378 e. The lowest BCUT2D eigenvalue weighted by Crippen LogP contribution is -1.93. The summed E-state index contributed by atoms with van der Waals surface area (Å²) in [5.74, 6) is -0.496. The van der Waals surface area contributed by atoms with E-state index in [9.17, 15) is 4.39 Å². The fourth-order valence-electron chi connectivity index (χ4n) is 1.15. The van der Waals surface area contributed by atoms with Gasteiger partial charge in [-0.1, -0.05) is 0 Å². The molecule has 0 fully saturated rings. The molecule has 84 valence electrons. The summed E-state index contributed by atoms with van der Waals surface area (Å²) in [5, 5.41) is 5.67. The SMILES string of the molecule is COCc1csc(Nc2ccc(F)nc2)n1. The summed E-state index contributed by atoms with van der Waals surface area (Å²) in [5.41, 5.74) is 1.57. The standard InChI is InChI=1S/C10H10FN3OS/c1-15-5-8-6-16-10(14-8)13-7-2-3-9(11)12-4-7/h2-4,6H,5H2,1H3,(H,13,14). The van der Waals surface area contributed by atoms with E-state index in [0.29, 0.717) is 12.3 Å². The molecule has 16 heavy (non-hydrogen) atoms. The molecule has 0 spiro atoms. The molecule has 0 aromatic carbocycles. The van der Waals surface area contributed by atoms with E-state index in [1.807, 2.05) is 5.38 Å². The van der Waals surface area contributed by atoms with Gasteiger partial charge in [-0.2, -0.15) is 4.39 Å². The number of pyridine rings is 1. The minimum atomic E-state index is -0.496. The molecule has 2 aromatic heterocycles. The Balaban J connectivity index is 2.05. The van der Waals surface area contributed by atoms with Gasteiger partial charge < -0.3 is 10.1 Å². The molecule has 4 nitrogen and oxygen atoms in total. The number of anilines is 2. The Morgan fingerprint density at radius 2 is 2.38 bits per heavy atom.